The van der Waals surface area contributed by atoms with Gasteiger partial charge in [-0.3, -0.25) is 4.79 Å². The number of para-hydroxylation sites is 1. The number of Topliss-reactive ketones (excluding diaryl/α,β-unsaturated/α-hetero) is 1. The minimum Gasteiger partial charge on any atom is -0.493 e. The summed E-state index contributed by atoms with van der Waals surface area (Å²) in [6.07, 6.45) is 0.866. The molecule has 0 spiro atoms. The van der Waals surface area contributed by atoms with E-state index in [0.29, 0.717) is 52.9 Å². The molecule has 0 fully saturated rings. The number of dihydropyridines is 1. The maximum absolute atomic E-state index is 14.2. The first kappa shape index (κ1) is 32.4. The van der Waals surface area contributed by atoms with Crippen LogP contribution in [0.5, 0.6) is 23.0 Å². The summed E-state index contributed by atoms with van der Waals surface area (Å²) in [5, 5.41) is 3.43. The Morgan fingerprint density at radius 2 is 1.48 bits per heavy atom. The highest BCUT2D eigenvalue weighted by Crippen LogP contribution is 2.47. The second kappa shape index (κ2) is 14.9. The summed E-state index contributed by atoms with van der Waals surface area (Å²) in [5.74, 6) is 1.33. The van der Waals surface area contributed by atoms with E-state index in [1.807, 2.05) is 110 Å². The monoisotopic (exact) mass is 645 g/mol. The van der Waals surface area contributed by atoms with Gasteiger partial charge < -0.3 is 29.0 Å². The lowest BCUT2D eigenvalue weighted by molar-refractivity contribution is -0.140. The van der Waals surface area contributed by atoms with Gasteiger partial charge in [0.1, 0.15) is 31.3 Å². The average molecular weight is 646 g/mol. The molecule has 2 aliphatic rings. The highest BCUT2D eigenvalue weighted by atomic mass is 16.6. The smallest absolute Gasteiger partial charge is 0.336 e. The molecule has 8 heteroatoms. The van der Waals surface area contributed by atoms with Crippen molar-refractivity contribution < 1.29 is 33.3 Å². The van der Waals surface area contributed by atoms with Crippen molar-refractivity contribution in [2.24, 2.45) is 0 Å². The average Bonchev–Trinajstić information content (AvgIpc) is 3.12. The topological polar surface area (TPSA) is 92.3 Å². The summed E-state index contributed by atoms with van der Waals surface area (Å²) in [7, 11) is 3.20. The van der Waals surface area contributed by atoms with Crippen LogP contribution < -0.4 is 24.3 Å². The lowest BCUT2D eigenvalue weighted by Crippen LogP contribution is -2.36. The number of methoxy groups -OCH3 is 2. The van der Waals surface area contributed by atoms with Crippen LogP contribution in [0, 0.1) is 0 Å². The van der Waals surface area contributed by atoms with Gasteiger partial charge in [0.05, 0.1) is 19.8 Å². The molecule has 0 amide bonds. The molecule has 1 aliphatic carbocycles. The van der Waals surface area contributed by atoms with Crippen molar-refractivity contribution in [2.75, 3.05) is 27.4 Å². The lowest BCUT2D eigenvalue weighted by atomic mass is 9.71. The Morgan fingerprint density at radius 1 is 0.750 bits per heavy atom. The Kier molecular flexibility index (Phi) is 10.1. The summed E-state index contributed by atoms with van der Waals surface area (Å²) in [6, 6.07) is 32.7. The van der Waals surface area contributed by atoms with Gasteiger partial charge in [-0.25, -0.2) is 4.79 Å². The van der Waals surface area contributed by atoms with Gasteiger partial charge >= 0.3 is 5.97 Å². The van der Waals surface area contributed by atoms with Gasteiger partial charge in [-0.05, 0) is 72.4 Å². The first-order valence-electron chi connectivity index (χ1n) is 16.0. The number of nitrogens with one attached hydrogen (secondary N) is 1. The van der Waals surface area contributed by atoms with Crippen molar-refractivity contribution >= 4 is 11.8 Å². The molecule has 6 rings (SSSR count). The highest BCUT2D eigenvalue weighted by Gasteiger charge is 2.41. The fourth-order valence-electron chi connectivity index (χ4n) is 6.40. The maximum atomic E-state index is 14.2. The van der Waals surface area contributed by atoms with E-state index >= 15 is 0 Å². The Bertz CT molecular complexity index is 1830. The van der Waals surface area contributed by atoms with Crippen LogP contribution >= 0.6 is 0 Å². The zero-order valence-electron chi connectivity index (χ0n) is 27.4. The molecule has 2 atom stereocenters. The summed E-state index contributed by atoms with van der Waals surface area (Å²) in [6.45, 7) is 2.50. The van der Waals surface area contributed by atoms with Crippen molar-refractivity contribution in [1.29, 1.82) is 0 Å². The van der Waals surface area contributed by atoms with Crippen molar-refractivity contribution in [3.05, 3.63) is 142 Å². The third kappa shape index (κ3) is 7.23. The number of allylic oxidation sites excluding steroid dienone is 3. The van der Waals surface area contributed by atoms with Crippen LogP contribution in [0.3, 0.4) is 0 Å². The molecule has 1 aliphatic heterocycles. The predicted molar refractivity (Wildman–Crippen MR) is 182 cm³/mol. The van der Waals surface area contributed by atoms with Crippen LogP contribution in [0.4, 0.5) is 0 Å². The van der Waals surface area contributed by atoms with E-state index < -0.39 is 11.9 Å². The zero-order chi connectivity index (χ0) is 33.5. The van der Waals surface area contributed by atoms with Crippen LogP contribution in [0.15, 0.2) is 126 Å². The molecule has 0 saturated carbocycles. The minimum absolute atomic E-state index is 0.0330. The Balaban J connectivity index is 1.30. The van der Waals surface area contributed by atoms with Gasteiger partial charge in [0.25, 0.3) is 0 Å². The second-order valence-corrected chi connectivity index (χ2v) is 11.8. The van der Waals surface area contributed by atoms with Crippen molar-refractivity contribution in [3.8, 4) is 23.0 Å². The number of carbonyl (C=O) groups is 2. The lowest BCUT2D eigenvalue weighted by Gasteiger charge is -2.37. The maximum Gasteiger partial charge on any atom is 0.336 e. The van der Waals surface area contributed by atoms with Gasteiger partial charge in [-0.1, -0.05) is 66.7 Å². The molecule has 4 aromatic rings. The number of ketones is 1. The Labute approximate surface area is 280 Å². The van der Waals surface area contributed by atoms with Crippen LogP contribution in [-0.4, -0.2) is 39.2 Å². The number of benzene rings is 4. The molecule has 246 valence electrons. The molecule has 0 saturated heterocycles. The quantitative estimate of drug-likeness (QED) is 0.127. The number of ether oxygens (including phenoxy) is 5. The Morgan fingerprint density at radius 3 is 2.23 bits per heavy atom. The van der Waals surface area contributed by atoms with Gasteiger partial charge in [-0.15, -0.1) is 0 Å². The van der Waals surface area contributed by atoms with Gasteiger partial charge in [0.15, 0.2) is 17.3 Å². The first-order valence-corrected chi connectivity index (χ1v) is 16.0. The molecule has 0 unspecified atom stereocenters. The second-order valence-electron chi connectivity index (χ2n) is 11.8. The fourth-order valence-corrected chi connectivity index (χ4v) is 6.40. The van der Waals surface area contributed by atoms with E-state index in [1.54, 1.807) is 14.2 Å². The van der Waals surface area contributed by atoms with Crippen LogP contribution in [0.25, 0.3) is 0 Å². The van der Waals surface area contributed by atoms with E-state index in [4.69, 9.17) is 23.7 Å². The number of carbonyl (C=O) groups excluding carboxylic acids is 2. The van der Waals surface area contributed by atoms with Gasteiger partial charge in [0.2, 0.25) is 0 Å². The highest BCUT2D eigenvalue weighted by molar-refractivity contribution is 6.04. The SMILES string of the molecule is COc1ccc([C@H]2CC(=O)C3=C(C2)NC(C)=C(C(=O)OCCOc2ccccc2)[C@@H]3c2cccc(OCc3ccccc3)c2)cc1OC. The van der Waals surface area contributed by atoms with E-state index in [9.17, 15) is 9.59 Å². The molecule has 8 nitrogen and oxygen atoms in total. The normalized spacial score (nSPS) is 17.3. The third-order valence-electron chi connectivity index (χ3n) is 8.69. The minimum atomic E-state index is -0.636. The molecular weight excluding hydrogens is 606 g/mol. The number of hydrogen-bond acceptors (Lipinski definition) is 8. The molecule has 4 aromatic carbocycles. The largest absolute Gasteiger partial charge is 0.493 e. The molecule has 48 heavy (non-hydrogen) atoms. The van der Waals surface area contributed by atoms with Crippen molar-refractivity contribution in [2.45, 2.75) is 38.2 Å². The first-order chi connectivity index (χ1) is 23.4. The van der Waals surface area contributed by atoms with Crippen molar-refractivity contribution in [3.63, 3.8) is 0 Å². The third-order valence-corrected chi connectivity index (χ3v) is 8.69. The summed E-state index contributed by atoms with van der Waals surface area (Å²) >= 11 is 0. The number of hydrogen-bond donors (Lipinski definition) is 1. The standard InChI is InChI=1S/C40H39NO7/c1-26-37(40(43)47-20-19-46-31-14-8-5-9-15-31)38(29-13-10-16-32(21-29)48-25-27-11-6-4-7-12-27)39-33(41-26)22-30(23-34(39)42)28-17-18-35(44-2)36(24-28)45-3/h4-18,21,24,30,38,41H,19-20,22-23,25H2,1-3H3/t30-,38+/m1/s1. The van der Waals surface area contributed by atoms with E-state index in [-0.39, 0.29) is 31.3 Å². The van der Waals surface area contributed by atoms with Crippen LogP contribution in [0.2, 0.25) is 0 Å². The molecule has 1 heterocycles. The van der Waals surface area contributed by atoms with Crippen molar-refractivity contribution in [1.82, 2.24) is 5.32 Å². The predicted octanol–water partition coefficient (Wildman–Crippen LogP) is 7.27. The molecular formula is C40H39NO7. The molecule has 1 N–H and O–H groups in total. The Hall–Kier alpha value is -5.50. The van der Waals surface area contributed by atoms with Crippen LogP contribution in [0.1, 0.15) is 48.3 Å². The number of rotatable bonds is 12. The molecule has 0 radical (unpaired) electrons. The number of esters is 1. The van der Waals surface area contributed by atoms with E-state index in [0.717, 1.165) is 22.4 Å². The summed E-state index contributed by atoms with van der Waals surface area (Å²) in [5.41, 5.74) is 5.21. The van der Waals surface area contributed by atoms with Gasteiger partial charge in [-0.2, -0.15) is 0 Å². The zero-order valence-corrected chi connectivity index (χ0v) is 27.4. The van der Waals surface area contributed by atoms with E-state index in [2.05, 4.69) is 5.32 Å². The van der Waals surface area contributed by atoms with E-state index in [1.165, 1.54) is 0 Å². The summed E-state index contributed by atoms with van der Waals surface area (Å²) in [4.78, 5) is 28.0. The van der Waals surface area contributed by atoms with Crippen LogP contribution in [-0.2, 0) is 20.9 Å². The molecule has 0 aromatic heterocycles. The fraction of sp³-hybridized carbons (Fsp3) is 0.250. The van der Waals surface area contributed by atoms with Gasteiger partial charge in [0, 0.05) is 29.3 Å². The molecule has 0 bridgehead atoms. The summed E-state index contributed by atoms with van der Waals surface area (Å²) < 4.78 is 28.6.